The number of rotatable bonds is 3. The molecular formula is C13H22O. The van der Waals surface area contributed by atoms with Crippen molar-refractivity contribution in [2.75, 3.05) is 0 Å². The third-order valence-electron chi connectivity index (χ3n) is 3.03. The molecule has 14 heavy (non-hydrogen) atoms. The van der Waals surface area contributed by atoms with Crippen LogP contribution in [-0.4, -0.2) is 5.78 Å². The molecule has 1 heteroatoms. The zero-order valence-corrected chi connectivity index (χ0v) is 9.89. The van der Waals surface area contributed by atoms with Gasteiger partial charge in [0.2, 0.25) is 0 Å². The van der Waals surface area contributed by atoms with Crippen molar-refractivity contribution in [3.05, 3.63) is 11.6 Å². The fourth-order valence-corrected chi connectivity index (χ4v) is 2.20. The van der Waals surface area contributed by atoms with Gasteiger partial charge in [0.15, 0.2) is 5.78 Å². The molecule has 0 aromatic carbocycles. The Morgan fingerprint density at radius 3 is 2.57 bits per heavy atom. The summed E-state index contributed by atoms with van der Waals surface area (Å²) < 4.78 is 0. The molecule has 1 unspecified atom stereocenters. The van der Waals surface area contributed by atoms with Gasteiger partial charge in [0.05, 0.1) is 0 Å². The molecule has 1 nitrogen and oxygen atoms in total. The van der Waals surface area contributed by atoms with Crippen LogP contribution in [-0.2, 0) is 4.79 Å². The number of ketones is 1. The van der Waals surface area contributed by atoms with E-state index in [0.29, 0.717) is 11.7 Å². The van der Waals surface area contributed by atoms with Gasteiger partial charge in [0, 0.05) is 6.42 Å². The Kier molecular flexibility index (Phi) is 3.52. The third-order valence-corrected chi connectivity index (χ3v) is 3.03. The van der Waals surface area contributed by atoms with Crippen LogP contribution in [0.4, 0.5) is 0 Å². The summed E-state index contributed by atoms with van der Waals surface area (Å²) in [4.78, 5) is 11.5. The molecule has 1 rings (SSSR count). The van der Waals surface area contributed by atoms with Crippen molar-refractivity contribution in [1.82, 2.24) is 0 Å². The lowest BCUT2D eigenvalue weighted by Crippen LogP contribution is -2.22. The van der Waals surface area contributed by atoms with E-state index >= 15 is 0 Å². The minimum atomic E-state index is 0.189. The molecule has 1 atom stereocenters. The minimum absolute atomic E-state index is 0.189. The van der Waals surface area contributed by atoms with E-state index in [1.807, 2.05) is 6.08 Å². The van der Waals surface area contributed by atoms with Gasteiger partial charge in [-0.3, -0.25) is 4.79 Å². The summed E-state index contributed by atoms with van der Waals surface area (Å²) in [5.74, 6) is 1.03. The monoisotopic (exact) mass is 194 g/mol. The summed E-state index contributed by atoms with van der Waals surface area (Å²) in [7, 11) is 0. The van der Waals surface area contributed by atoms with Crippen LogP contribution in [0.3, 0.4) is 0 Å². The maximum atomic E-state index is 11.5. The van der Waals surface area contributed by atoms with Crippen LogP contribution in [0.1, 0.15) is 53.4 Å². The summed E-state index contributed by atoms with van der Waals surface area (Å²) in [5, 5.41) is 0. The van der Waals surface area contributed by atoms with E-state index < -0.39 is 0 Å². The summed E-state index contributed by atoms with van der Waals surface area (Å²) in [6.07, 6.45) is 6.01. The predicted octanol–water partition coefficient (Wildman–Crippen LogP) is 3.74. The quantitative estimate of drug-likeness (QED) is 0.669. The fraction of sp³-hybridized carbons (Fsp3) is 0.769. The molecule has 0 aromatic heterocycles. The van der Waals surface area contributed by atoms with Crippen molar-refractivity contribution >= 4 is 5.78 Å². The van der Waals surface area contributed by atoms with Crippen LogP contribution in [0, 0.1) is 11.3 Å². The van der Waals surface area contributed by atoms with Crippen molar-refractivity contribution in [3.63, 3.8) is 0 Å². The maximum absolute atomic E-state index is 11.5. The van der Waals surface area contributed by atoms with Gasteiger partial charge in [0.25, 0.3) is 0 Å². The second-order valence-electron chi connectivity index (χ2n) is 5.50. The number of allylic oxidation sites excluding steroid dienone is 2. The molecule has 1 aliphatic carbocycles. The molecule has 0 saturated carbocycles. The smallest absolute Gasteiger partial charge is 0.156 e. The molecule has 0 saturated heterocycles. The molecule has 0 fully saturated rings. The Morgan fingerprint density at radius 1 is 1.43 bits per heavy atom. The second-order valence-corrected chi connectivity index (χ2v) is 5.50. The average Bonchev–Trinajstić information content (AvgIpc) is 1.99. The van der Waals surface area contributed by atoms with E-state index in [1.165, 1.54) is 12.0 Å². The van der Waals surface area contributed by atoms with E-state index in [1.54, 1.807) is 0 Å². The summed E-state index contributed by atoms with van der Waals surface area (Å²) in [5.41, 5.74) is 1.55. The SMILES string of the molecule is CCC(C)CC1=CC(=O)CC(C)(C)C1. The van der Waals surface area contributed by atoms with Crippen molar-refractivity contribution in [2.45, 2.75) is 53.4 Å². The van der Waals surface area contributed by atoms with Gasteiger partial charge in [-0.05, 0) is 30.3 Å². The molecule has 0 radical (unpaired) electrons. The van der Waals surface area contributed by atoms with Gasteiger partial charge in [-0.25, -0.2) is 0 Å². The number of hydrogen-bond acceptors (Lipinski definition) is 1. The molecular weight excluding hydrogens is 172 g/mol. The molecule has 0 spiro atoms. The zero-order valence-electron chi connectivity index (χ0n) is 9.89. The van der Waals surface area contributed by atoms with Crippen LogP contribution >= 0.6 is 0 Å². The van der Waals surface area contributed by atoms with Gasteiger partial charge in [0.1, 0.15) is 0 Å². The standard InChI is InChI=1S/C13H22O/c1-5-10(2)6-11-7-12(14)9-13(3,4)8-11/h7,10H,5-6,8-9H2,1-4H3. The highest BCUT2D eigenvalue weighted by Crippen LogP contribution is 2.36. The molecule has 1 aliphatic rings. The molecule has 0 bridgehead atoms. The normalized spacial score (nSPS) is 23.1. The maximum Gasteiger partial charge on any atom is 0.156 e. The molecule has 0 amide bonds. The zero-order chi connectivity index (χ0) is 10.8. The van der Waals surface area contributed by atoms with Crippen LogP contribution in [0.15, 0.2) is 11.6 Å². The Hall–Kier alpha value is -0.590. The second kappa shape index (κ2) is 4.29. The Labute approximate surface area is 87.6 Å². The Bertz CT molecular complexity index is 248. The lowest BCUT2D eigenvalue weighted by atomic mass is 9.75. The minimum Gasteiger partial charge on any atom is -0.295 e. The molecule has 0 N–H and O–H groups in total. The van der Waals surface area contributed by atoms with Gasteiger partial charge in [-0.2, -0.15) is 0 Å². The lowest BCUT2D eigenvalue weighted by Gasteiger charge is -2.29. The number of carbonyl (C=O) groups excluding carboxylic acids is 1. The van der Waals surface area contributed by atoms with Gasteiger partial charge < -0.3 is 0 Å². The van der Waals surface area contributed by atoms with Crippen LogP contribution in [0.25, 0.3) is 0 Å². The van der Waals surface area contributed by atoms with Crippen molar-refractivity contribution in [2.24, 2.45) is 11.3 Å². The van der Waals surface area contributed by atoms with E-state index in [-0.39, 0.29) is 5.41 Å². The fourth-order valence-electron chi connectivity index (χ4n) is 2.20. The molecule has 0 aromatic rings. The predicted molar refractivity (Wildman–Crippen MR) is 60.2 cm³/mol. The summed E-state index contributed by atoms with van der Waals surface area (Å²) in [6.45, 7) is 8.84. The van der Waals surface area contributed by atoms with Crippen molar-refractivity contribution in [3.8, 4) is 0 Å². The summed E-state index contributed by atoms with van der Waals surface area (Å²) in [6, 6.07) is 0. The van der Waals surface area contributed by atoms with Crippen LogP contribution in [0.5, 0.6) is 0 Å². The average molecular weight is 194 g/mol. The van der Waals surface area contributed by atoms with Crippen molar-refractivity contribution < 1.29 is 4.79 Å². The number of carbonyl (C=O) groups is 1. The van der Waals surface area contributed by atoms with E-state index in [9.17, 15) is 4.79 Å². The first-order valence-electron chi connectivity index (χ1n) is 5.65. The molecule has 0 aliphatic heterocycles. The van der Waals surface area contributed by atoms with Crippen LogP contribution < -0.4 is 0 Å². The first-order chi connectivity index (χ1) is 6.43. The van der Waals surface area contributed by atoms with Gasteiger partial charge >= 0.3 is 0 Å². The van der Waals surface area contributed by atoms with E-state index in [0.717, 1.165) is 19.3 Å². The van der Waals surface area contributed by atoms with Gasteiger partial charge in [-0.1, -0.05) is 39.7 Å². The third kappa shape index (κ3) is 3.28. The molecule has 80 valence electrons. The van der Waals surface area contributed by atoms with Gasteiger partial charge in [-0.15, -0.1) is 0 Å². The highest BCUT2D eigenvalue weighted by Gasteiger charge is 2.27. The van der Waals surface area contributed by atoms with Crippen molar-refractivity contribution in [1.29, 1.82) is 0 Å². The molecule has 0 heterocycles. The first-order valence-corrected chi connectivity index (χ1v) is 5.65. The lowest BCUT2D eigenvalue weighted by molar-refractivity contribution is -0.117. The Morgan fingerprint density at radius 2 is 2.07 bits per heavy atom. The summed E-state index contributed by atoms with van der Waals surface area (Å²) >= 11 is 0. The Balaban J connectivity index is 2.65. The topological polar surface area (TPSA) is 17.1 Å². The number of hydrogen-bond donors (Lipinski definition) is 0. The largest absolute Gasteiger partial charge is 0.295 e. The van der Waals surface area contributed by atoms with Crippen LogP contribution in [0.2, 0.25) is 0 Å². The van der Waals surface area contributed by atoms with E-state index in [2.05, 4.69) is 27.7 Å². The van der Waals surface area contributed by atoms with E-state index in [4.69, 9.17) is 0 Å². The first kappa shape index (κ1) is 11.5. The highest BCUT2D eigenvalue weighted by molar-refractivity contribution is 5.91. The highest BCUT2D eigenvalue weighted by atomic mass is 16.1.